The second-order valence-electron chi connectivity index (χ2n) is 18.4. The first-order valence-corrected chi connectivity index (χ1v) is 21.6. The molecule has 0 aromatic heterocycles. The van der Waals surface area contributed by atoms with Gasteiger partial charge in [0, 0.05) is 44.9 Å². The predicted molar refractivity (Wildman–Crippen MR) is 216 cm³/mol. The number of ether oxygens (including phenoxy) is 4. The standard InChI is InChI=1S/C45H73NO11/c1-11-31-20-26(3)19-27(4)21-32(12-2)40-37(54-9)22-29(6)45(53,57-40)41(50)42(51)46-18-14-13-15-33(46)43(52)56-39(30(7)35(48)23-36(31)49)28(5)24-44(8)17-16-34(47)38(25-44)55-10/h20,24,27,29-35,37-40,47-48,53H,11-19,21-23,25H2,1-10H3/b26-20+,28-24+/t27-,29+,30+,31+,32-,33?,34+,35-,37-,38+,39+,40+,44+,45+/m0/s1. The van der Waals surface area contributed by atoms with E-state index in [1.807, 2.05) is 39.8 Å². The van der Waals surface area contributed by atoms with Gasteiger partial charge in [-0.1, -0.05) is 65.7 Å². The number of fused-ring (bicyclic) bond motifs is 3. The number of piperidine rings is 1. The molecule has 3 fully saturated rings. The summed E-state index contributed by atoms with van der Waals surface area (Å²) in [6.45, 7) is 15.6. The van der Waals surface area contributed by atoms with E-state index in [2.05, 4.69) is 13.8 Å². The van der Waals surface area contributed by atoms with Crippen LogP contribution in [0.4, 0.5) is 0 Å². The molecule has 324 valence electrons. The van der Waals surface area contributed by atoms with Crippen LogP contribution < -0.4 is 0 Å². The normalized spacial score (nSPS) is 42.4. The van der Waals surface area contributed by atoms with Crippen molar-refractivity contribution in [3.8, 4) is 0 Å². The van der Waals surface area contributed by atoms with Gasteiger partial charge in [0.15, 0.2) is 0 Å². The average molecular weight is 804 g/mol. The van der Waals surface area contributed by atoms with Crippen LogP contribution in [0.2, 0.25) is 0 Å². The predicted octanol–water partition coefficient (Wildman–Crippen LogP) is 5.87. The number of carbonyl (C=O) groups is 4. The van der Waals surface area contributed by atoms with Crippen LogP contribution in [0, 0.1) is 35.0 Å². The van der Waals surface area contributed by atoms with Gasteiger partial charge in [-0.05, 0) is 101 Å². The van der Waals surface area contributed by atoms with Crippen molar-refractivity contribution >= 4 is 23.4 Å². The first kappa shape index (κ1) is 47.2. The number of hydrogen-bond acceptors (Lipinski definition) is 11. The summed E-state index contributed by atoms with van der Waals surface area (Å²) in [7, 11) is 3.16. The summed E-state index contributed by atoms with van der Waals surface area (Å²) >= 11 is 0. The highest BCUT2D eigenvalue weighted by Gasteiger charge is 2.56. The Hall–Kier alpha value is -2.48. The third kappa shape index (κ3) is 11.0. The molecular weight excluding hydrogens is 730 g/mol. The van der Waals surface area contributed by atoms with E-state index in [1.54, 1.807) is 28.1 Å². The smallest absolute Gasteiger partial charge is 0.329 e. The zero-order valence-corrected chi connectivity index (χ0v) is 36.3. The van der Waals surface area contributed by atoms with E-state index in [9.17, 15) is 34.5 Å². The Kier molecular flexibility index (Phi) is 16.7. The maximum Gasteiger partial charge on any atom is 0.329 e. The van der Waals surface area contributed by atoms with E-state index >= 15 is 0 Å². The van der Waals surface area contributed by atoms with Gasteiger partial charge in [0.25, 0.3) is 11.7 Å². The lowest BCUT2D eigenvalue weighted by atomic mass is 9.71. The number of allylic oxidation sites excluding steroid dienone is 3. The number of hydrogen-bond donors (Lipinski definition) is 3. The number of ketones is 2. The number of Topliss-reactive ketones (excluding diaryl/α,β-unsaturated/α-hetero) is 2. The molecule has 4 aliphatic rings. The molecular formula is C45H73NO11. The van der Waals surface area contributed by atoms with Gasteiger partial charge in [-0.15, -0.1) is 0 Å². The second-order valence-corrected chi connectivity index (χ2v) is 18.4. The average Bonchev–Trinajstić information content (AvgIpc) is 3.18. The van der Waals surface area contributed by atoms with Crippen LogP contribution in [-0.2, 0) is 38.1 Å². The Labute approximate surface area is 341 Å². The number of aliphatic hydroxyl groups excluding tert-OH is 2. The fourth-order valence-electron chi connectivity index (χ4n) is 10.1. The molecule has 14 atom stereocenters. The van der Waals surface area contributed by atoms with Crippen molar-refractivity contribution in [2.75, 3.05) is 20.8 Å². The molecule has 2 bridgehead atoms. The number of cyclic esters (lactones) is 1. The van der Waals surface area contributed by atoms with Gasteiger partial charge in [-0.25, -0.2) is 4.79 Å². The number of esters is 1. The SMILES string of the molecule is CC[C@H]1C[C@@H](C)C/C(C)=C/[C@@H](CC)C(=O)C[C@H](O)[C@@H](C)[C@@H](/C(C)=C/[C@@]2(C)CC[C@@H](O)[C@H](OC)C2)OC(=O)C2CCCCN2C(=O)C(=O)[C@]2(O)O[C@H]1[C@@H](OC)C[C@H]2C. The van der Waals surface area contributed by atoms with Crippen LogP contribution in [0.1, 0.15) is 132 Å². The molecule has 12 heteroatoms. The Balaban J connectivity index is 1.79. The Morgan fingerprint density at radius 2 is 1.65 bits per heavy atom. The van der Waals surface area contributed by atoms with E-state index in [0.717, 1.165) is 5.57 Å². The maximum atomic E-state index is 14.4. The number of nitrogens with zero attached hydrogens (tertiary/aromatic N) is 1. The quantitative estimate of drug-likeness (QED) is 0.167. The van der Waals surface area contributed by atoms with Crippen molar-refractivity contribution < 1.29 is 53.4 Å². The van der Waals surface area contributed by atoms with Gasteiger partial charge in [0.05, 0.1) is 30.5 Å². The highest BCUT2D eigenvalue weighted by atomic mass is 16.7. The summed E-state index contributed by atoms with van der Waals surface area (Å²) in [5.74, 6) is -7.20. The molecule has 0 aromatic carbocycles. The Morgan fingerprint density at radius 1 is 0.965 bits per heavy atom. The Bertz CT molecular complexity index is 1480. The first-order chi connectivity index (χ1) is 26.8. The highest BCUT2D eigenvalue weighted by Crippen LogP contribution is 2.42. The fraction of sp³-hybridized carbons (Fsp3) is 0.822. The summed E-state index contributed by atoms with van der Waals surface area (Å²) in [5, 5.41) is 34.3. The van der Waals surface area contributed by atoms with Gasteiger partial charge in [0.2, 0.25) is 5.79 Å². The lowest BCUT2D eigenvalue weighted by molar-refractivity contribution is -0.296. The molecule has 1 saturated carbocycles. The maximum absolute atomic E-state index is 14.4. The van der Waals surface area contributed by atoms with Crippen LogP contribution in [0.25, 0.3) is 0 Å². The first-order valence-electron chi connectivity index (χ1n) is 21.6. The van der Waals surface area contributed by atoms with E-state index in [0.29, 0.717) is 69.8 Å². The van der Waals surface area contributed by atoms with Crippen LogP contribution in [0.5, 0.6) is 0 Å². The molecule has 12 nitrogen and oxygen atoms in total. The van der Waals surface area contributed by atoms with E-state index in [4.69, 9.17) is 18.9 Å². The van der Waals surface area contributed by atoms with E-state index < -0.39 is 83.2 Å². The van der Waals surface area contributed by atoms with Gasteiger partial charge in [0.1, 0.15) is 17.9 Å². The Morgan fingerprint density at radius 3 is 2.28 bits per heavy atom. The number of rotatable bonds is 6. The highest BCUT2D eigenvalue weighted by molar-refractivity contribution is 6.39. The zero-order valence-electron chi connectivity index (χ0n) is 36.3. The molecule has 1 unspecified atom stereocenters. The monoisotopic (exact) mass is 804 g/mol. The lowest BCUT2D eigenvalue weighted by Gasteiger charge is -2.47. The van der Waals surface area contributed by atoms with Crippen molar-refractivity contribution in [2.24, 2.45) is 35.0 Å². The molecule has 0 aromatic rings. The van der Waals surface area contributed by atoms with Gasteiger partial charge in [-0.3, -0.25) is 14.4 Å². The van der Waals surface area contributed by atoms with Crippen LogP contribution in [-0.4, -0.2) is 113 Å². The second kappa shape index (κ2) is 20.2. The van der Waals surface area contributed by atoms with Crippen LogP contribution >= 0.6 is 0 Å². The third-order valence-corrected chi connectivity index (χ3v) is 13.7. The van der Waals surface area contributed by atoms with Crippen molar-refractivity contribution in [1.29, 1.82) is 0 Å². The zero-order chi connectivity index (χ0) is 42.4. The summed E-state index contributed by atoms with van der Waals surface area (Å²) in [5.41, 5.74) is 1.29. The number of amides is 1. The third-order valence-electron chi connectivity index (χ3n) is 13.7. The molecule has 3 N–H and O–H groups in total. The molecule has 4 rings (SSSR count). The lowest BCUT2D eigenvalue weighted by Crippen LogP contribution is -2.63. The fourth-order valence-corrected chi connectivity index (χ4v) is 10.1. The molecule has 0 radical (unpaired) electrons. The minimum Gasteiger partial charge on any atom is -0.456 e. The molecule has 3 aliphatic heterocycles. The van der Waals surface area contributed by atoms with Crippen molar-refractivity contribution in [3.05, 3.63) is 23.3 Å². The van der Waals surface area contributed by atoms with Crippen molar-refractivity contribution in [1.82, 2.24) is 4.90 Å². The summed E-state index contributed by atoms with van der Waals surface area (Å²) in [4.78, 5) is 58.0. The number of carbonyl (C=O) groups excluding carboxylic acids is 4. The molecule has 57 heavy (non-hydrogen) atoms. The van der Waals surface area contributed by atoms with Gasteiger partial charge >= 0.3 is 5.97 Å². The van der Waals surface area contributed by atoms with Crippen LogP contribution in [0.3, 0.4) is 0 Å². The minimum absolute atomic E-state index is 0.0985. The summed E-state index contributed by atoms with van der Waals surface area (Å²) in [6.07, 6.45) is 5.77. The van der Waals surface area contributed by atoms with Gasteiger partial charge < -0.3 is 39.2 Å². The molecule has 3 heterocycles. The van der Waals surface area contributed by atoms with E-state index in [-0.39, 0.29) is 43.1 Å². The number of aliphatic hydroxyl groups is 3. The molecule has 1 amide bonds. The van der Waals surface area contributed by atoms with Crippen molar-refractivity contribution in [3.63, 3.8) is 0 Å². The van der Waals surface area contributed by atoms with E-state index in [1.165, 1.54) is 4.90 Å². The number of methoxy groups -OCH3 is 2. The topological polar surface area (TPSA) is 169 Å². The molecule has 2 saturated heterocycles. The van der Waals surface area contributed by atoms with Gasteiger partial charge in [-0.2, -0.15) is 0 Å². The minimum atomic E-state index is -2.42. The summed E-state index contributed by atoms with van der Waals surface area (Å²) in [6, 6.07) is -1.12. The van der Waals surface area contributed by atoms with Crippen LogP contribution in [0.15, 0.2) is 23.3 Å². The molecule has 0 spiro atoms. The summed E-state index contributed by atoms with van der Waals surface area (Å²) < 4.78 is 24.2. The van der Waals surface area contributed by atoms with Crippen molar-refractivity contribution in [2.45, 2.75) is 181 Å². The largest absolute Gasteiger partial charge is 0.456 e. The molecule has 1 aliphatic carbocycles.